The van der Waals surface area contributed by atoms with Crippen LogP contribution in [0.4, 0.5) is 8.78 Å². The van der Waals surface area contributed by atoms with Crippen LogP contribution in [-0.4, -0.2) is 107 Å². The van der Waals surface area contributed by atoms with Gasteiger partial charge in [0, 0.05) is 99.2 Å². The van der Waals surface area contributed by atoms with Crippen LogP contribution in [0.1, 0.15) is 114 Å². The molecule has 4 aliphatic rings. The van der Waals surface area contributed by atoms with Crippen LogP contribution >= 0.6 is 23.2 Å². The molecular weight excluding hydrogens is 926 g/mol. The van der Waals surface area contributed by atoms with E-state index in [4.69, 9.17) is 23.2 Å². The molecule has 0 unspecified atom stereocenters. The van der Waals surface area contributed by atoms with E-state index < -0.39 is 11.2 Å². The highest BCUT2D eigenvalue weighted by atomic mass is 35.5. The zero-order chi connectivity index (χ0) is 50.1. The number of hydrogen-bond acceptors (Lipinski definition) is 6. The maximum absolute atomic E-state index is 13.3. The van der Waals surface area contributed by atoms with E-state index in [2.05, 4.69) is 37.5 Å². The molecule has 0 aromatic heterocycles. The molecule has 380 valence electrons. The topological polar surface area (TPSA) is 87.6 Å². The molecule has 70 heavy (non-hydrogen) atoms. The van der Waals surface area contributed by atoms with Gasteiger partial charge in [-0.25, -0.2) is 8.78 Å². The Balaban J connectivity index is 0.000000206. The molecule has 0 aliphatic carbocycles. The molecule has 0 spiro atoms. The standard InChI is InChI=1S/2C29H38ClFN2O2/c2*1-28(2)21-32(18-15-29(28,35)24-8-10-25(30)11-9-24)17-14-27(34)33-16-4-3-5-23(20-33)19-22-6-12-26(31)13-7-22/h2*6-13,23,35H,3-5,14-21H2,1-2H3/t23-,29+;23-,29-/m00/s1. The van der Waals surface area contributed by atoms with E-state index in [0.717, 1.165) is 126 Å². The van der Waals surface area contributed by atoms with E-state index in [0.29, 0.717) is 60.7 Å². The summed E-state index contributed by atoms with van der Waals surface area (Å²) >= 11 is 12.1. The summed E-state index contributed by atoms with van der Waals surface area (Å²) in [5.74, 6) is 0.836. The van der Waals surface area contributed by atoms with E-state index in [9.17, 15) is 28.6 Å². The van der Waals surface area contributed by atoms with Crippen molar-refractivity contribution >= 4 is 35.0 Å². The molecule has 4 aromatic rings. The Kier molecular flexibility index (Phi) is 18.3. The van der Waals surface area contributed by atoms with Gasteiger partial charge in [-0.15, -0.1) is 0 Å². The molecule has 4 atom stereocenters. The van der Waals surface area contributed by atoms with Crippen molar-refractivity contribution in [2.45, 2.75) is 116 Å². The highest BCUT2D eigenvalue weighted by Gasteiger charge is 2.50. The number of hydrogen-bond donors (Lipinski definition) is 2. The highest BCUT2D eigenvalue weighted by Crippen LogP contribution is 2.47. The lowest BCUT2D eigenvalue weighted by Crippen LogP contribution is -2.55. The average Bonchev–Trinajstić information content (AvgIpc) is 3.72. The van der Waals surface area contributed by atoms with Gasteiger partial charge < -0.3 is 29.8 Å². The SMILES string of the molecule is CC1(C)CN(CCC(=O)N2CCCC[C@@H](Cc3ccc(F)cc3)C2)CC[C@@]1(O)c1ccc(Cl)cc1.CC1(C)CN(CCC(=O)N2CCCC[C@@H](Cc3ccc(F)cc3)C2)CC[C@]1(O)c1ccc(Cl)cc1. The second-order valence-corrected chi connectivity index (χ2v) is 23.0. The normalized spacial score (nSPS) is 25.3. The van der Waals surface area contributed by atoms with Crippen LogP contribution in [-0.2, 0) is 33.6 Å². The first-order chi connectivity index (χ1) is 33.3. The summed E-state index contributed by atoms with van der Waals surface area (Å²) in [5.41, 5.74) is 1.52. The van der Waals surface area contributed by atoms with Crippen LogP contribution < -0.4 is 0 Å². The number of likely N-dealkylation sites (tertiary alicyclic amines) is 4. The number of benzene rings is 4. The molecule has 0 saturated carbocycles. The van der Waals surface area contributed by atoms with Crippen LogP contribution in [0.5, 0.6) is 0 Å². The number of carbonyl (C=O) groups excluding carboxylic acids is 2. The maximum Gasteiger partial charge on any atom is 0.223 e. The first kappa shape index (κ1) is 53.9. The predicted octanol–water partition coefficient (Wildman–Crippen LogP) is 11.3. The number of amides is 2. The van der Waals surface area contributed by atoms with Crippen molar-refractivity contribution in [1.82, 2.24) is 19.6 Å². The van der Waals surface area contributed by atoms with Crippen LogP contribution in [0.15, 0.2) is 97.1 Å². The molecule has 4 fully saturated rings. The highest BCUT2D eigenvalue weighted by molar-refractivity contribution is 6.30. The fourth-order valence-electron chi connectivity index (χ4n) is 11.7. The predicted molar refractivity (Wildman–Crippen MR) is 278 cm³/mol. The molecule has 2 N–H and O–H groups in total. The van der Waals surface area contributed by atoms with Crippen molar-refractivity contribution < 1.29 is 28.6 Å². The minimum absolute atomic E-state index is 0.209. The van der Waals surface area contributed by atoms with E-state index in [1.807, 2.05) is 82.6 Å². The molecule has 4 saturated heterocycles. The summed E-state index contributed by atoms with van der Waals surface area (Å²) in [6, 6.07) is 28.5. The summed E-state index contributed by atoms with van der Waals surface area (Å²) in [6.07, 6.45) is 10.5. The average molecular weight is 1000 g/mol. The lowest BCUT2D eigenvalue weighted by molar-refractivity contribution is -0.136. The monoisotopic (exact) mass is 1000 g/mol. The number of piperidine rings is 2. The van der Waals surface area contributed by atoms with Gasteiger partial charge in [0.1, 0.15) is 11.6 Å². The van der Waals surface area contributed by atoms with Crippen LogP contribution in [0.2, 0.25) is 10.0 Å². The van der Waals surface area contributed by atoms with E-state index in [-0.39, 0.29) is 34.3 Å². The Morgan fingerprint density at radius 2 is 0.900 bits per heavy atom. The second kappa shape index (κ2) is 23.8. The summed E-state index contributed by atoms with van der Waals surface area (Å²) < 4.78 is 26.5. The summed E-state index contributed by atoms with van der Waals surface area (Å²) in [7, 11) is 0. The molecule has 4 aromatic carbocycles. The molecule has 12 heteroatoms. The van der Waals surface area contributed by atoms with Crippen LogP contribution in [0.3, 0.4) is 0 Å². The Morgan fingerprint density at radius 3 is 1.24 bits per heavy atom. The lowest BCUT2D eigenvalue weighted by atomic mass is 9.66. The lowest BCUT2D eigenvalue weighted by Gasteiger charge is -2.50. The largest absolute Gasteiger partial charge is 0.385 e. The molecule has 0 radical (unpaired) electrons. The van der Waals surface area contributed by atoms with Crippen molar-refractivity contribution in [2.24, 2.45) is 22.7 Å². The summed E-state index contributed by atoms with van der Waals surface area (Å²) in [6.45, 7) is 16.0. The molecule has 4 aliphatic heterocycles. The Bertz CT molecular complexity index is 2150. The van der Waals surface area contributed by atoms with Crippen molar-refractivity contribution in [2.75, 3.05) is 65.4 Å². The van der Waals surface area contributed by atoms with E-state index in [1.165, 1.54) is 24.3 Å². The fourth-order valence-corrected chi connectivity index (χ4v) is 12.0. The number of carbonyl (C=O) groups is 2. The molecule has 0 bridgehead atoms. The van der Waals surface area contributed by atoms with Gasteiger partial charge in [0.25, 0.3) is 0 Å². The van der Waals surface area contributed by atoms with Crippen LogP contribution in [0, 0.1) is 34.3 Å². The third-order valence-electron chi connectivity index (χ3n) is 16.1. The number of aliphatic hydroxyl groups is 2. The number of nitrogens with zero attached hydrogens (tertiary/aromatic N) is 4. The zero-order valence-corrected chi connectivity index (χ0v) is 43.5. The quantitative estimate of drug-likeness (QED) is 0.147. The van der Waals surface area contributed by atoms with Gasteiger partial charge in [-0.05, 0) is 134 Å². The van der Waals surface area contributed by atoms with Gasteiger partial charge in [-0.3, -0.25) is 9.59 Å². The van der Waals surface area contributed by atoms with Gasteiger partial charge in [0.2, 0.25) is 11.8 Å². The van der Waals surface area contributed by atoms with Gasteiger partial charge in [-0.1, -0.05) is 112 Å². The third kappa shape index (κ3) is 13.8. The third-order valence-corrected chi connectivity index (χ3v) is 16.6. The second-order valence-electron chi connectivity index (χ2n) is 22.1. The minimum Gasteiger partial charge on any atom is -0.385 e. The van der Waals surface area contributed by atoms with Gasteiger partial charge in [-0.2, -0.15) is 0 Å². The minimum atomic E-state index is -0.920. The van der Waals surface area contributed by atoms with Crippen molar-refractivity contribution in [3.63, 3.8) is 0 Å². The molecule has 2 amide bonds. The first-order valence-corrected chi connectivity index (χ1v) is 26.5. The summed E-state index contributed by atoms with van der Waals surface area (Å²) in [4.78, 5) is 35.0. The van der Waals surface area contributed by atoms with E-state index >= 15 is 0 Å². The van der Waals surface area contributed by atoms with Crippen molar-refractivity contribution in [3.8, 4) is 0 Å². The fraction of sp³-hybridized carbons (Fsp3) is 0.552. The van der Waals surface area contributed by atoms with E-state index in [1.54, 1.807) is 0 Å². The number of halogens is 4. The Morgan fingerprint density at radius 1 is 0.543 bits per heavy atom. The van der Waals surface area contributed by atoms with Gasteiger partial charge in [0.05, 0.1) is 11.2 Å². The maximum atomic E-state index is 13.3. The van der Waals surface area contributed by atoms with Gasteiger partial charge >= 0.3 is 0 Å². The zero-order valence-electron chi connectivity index (χ0n) is 42.0. The van der Waals surface area contributed by atoms with Crippen molar-refractivity contribution in [3.05, 3.63) is 141 Å². The molecule has 8 rings (SSSR count). The smallest absolute Gasteiger partial charge is 0.223 e. The van der Waals surface area contributed by atoms with Crippen molar-refractivity contribution in [1.29, 1.82) is 0 Å². The Hall–Kier alpha value is -3.90. The Labute approximate surface area is 426 Å². The number of rotatable bonds is 12. The molecule has 8 nitrogen and oxygen atoms in total. The molecule has 4 heterocycles. The van der Waals surface area contributed by atoms with Crippen LogP contribution in [0.25, 0.3) is 0 Å². The summed E-state index contributed by atoms with van der Waals surface area (Å²) in [5, 5.41) is 24.5. The first-order valence-electron chi connectivity index (χ1n) is 25.8. The van der Waals surface area contributed by atoms with Gasteiger partial charge in [0.15, 0.2) is 0 Å². The molecular formula is C58H76Cl2F2N4O4.